The molecule has 0 unspecified atom stereocenters. The summed E-state index contributed by atoms with van der Waals surface area (Å²) in [6.45, 7) is 0.451. The quantitative estimate of drug-likeness (QED) is 0.744. The molecule has 1 aliphatic rings. The van der Waals surface area contributed by atoms with E-state index >= 15 is 0 Å². The summed E-state index contributed by atoms with van der Waals surface area (Å²) in [5.41, 5.74) is 8.23. The normalized spacial score (nSPS) is 19.1. The summed E-state index contributed by atoms with van der Waals surface area (Å²) < 4.78 is 0. The summed E-state index contributed by atoms with van der Waals surface area (Å²) in [5, 5.41) is 5.74. The van der Waals surface area contributed by atoms with Crippen molar-refractivity contribution in [1.82, 2.24) is 10.3 Å². The number of hydrogen-bond acceptors (Lipinski definition) is 4. The van der Waals surface area contributed by atoms with Gasteiger partial charge in [-0.25, -0.2) is 0 Å². The second-order valence-electron chi connectivity index (χ2n) is 6.72. The van der Waals surface area contributed by atoms with Crippen LogP contribution in [-0.2, 0) is 11.3 Å². The Morgan fingerprint density at radius 3 is 2.46 bits per heavy atom. The van der Waals surface area contributed by atoms with Crippen LogP contribution in [0.1, 0.15) is 41.6 Å². The number of pyridine rings is 1. The highest BCUT2D eigenvalue weighted by Crippen LogP contribution is 2.26. The maximum atomic E-state index is 12.2. The number of rotatable bonds is 6. The molecule has 1 heterocycles. The number of benzene rings is 1. The molecule has 1 fully saturated rings. The summed E-state index contributed by atoms with van der Waals surface area (Å²) in [6, 6.07) is 10.8. The van der Waals surface area contributed by atoms with Gasteiger partial charge in [0.25, 0.3) is 5.91 Å². The van der Waals surface area contributed by atoms with E-state index in [0.717, 1.165) is 24.8 Å². The van der Waals surface area contributed by atoms with E-state index in [4.69, 9.17) is 5.73 Å². The monoisotopic (exact) mass is 352 g/mol. The van der Waals surface area contributed by atoms with Crippen LogP contribution in [0.4, 0.5) is 5.69 Å². The van der Waals surface area contributed by atoms with Crippen LogP contribution < -0.4 is 16.4 Å². The molecular weight excluding hydrogens is 328 g/mol. The first-order valence-electron chi connectivity index (χ1n) is 8.94. The topological polar surface area (TPSA) is 97.1 Å². The van der Waals surface area contributed by atoms with E-state index in [1.165, 1.54) is 0 Å². The Labute approximate surface area is 153 Å². The van der Waals surface area contributed by atoms with E-state index < -0.39 is 0 Å². The van der Waals surface area contributed by atoms with Crippen molar-refractivity contribution in [1.29, 1.82) is 0 Å². The molecule has 1 aliphatic carbocycles. The van der Waals surface area contributed by atoms with Gasteiger partial charge < -0.3 is 16.4 Å². The summed E-state index contributed by atoms with van der Waals surface area (Å²) in [7, 11) is 0. The number of hydrogen-bond donors (Lipinski definition) is 3. The molecule has 1 aromatic carbocycles. The van der Waals surface area contributed by atoms with Gasteiger partial charge in [-0.2, -0.15) is 0 Å². The molecule has 0 radical (unpaired) electrons. The molecule has 0 aliphatic heterocycles. The summed E-state index contributed by atoms with van der Waals surface area (Å²) in [5.74, 6) is 0.156. The zero-order valence-electron chi connectivity index (χ0n) is 14.7. The van der Waals surface area contributed by atoms with Gasteiger partial charge in [0, 0.05) is 42.7 Å². The standard InChI is InChI=1S/C20H24N4O2/c21-18-3-1-2-16(18)12-19(25)23-13-14-4-6-15(7-5-14)20(26)24-17-8-10-22-11-9-17/h4-11,16,18H,1-3,12-13,21H2,(H,23,25)(H,22,24,26)/t16-,18+/m0/s1. The molecule has 0 saturated heterocycles. The van der Waals surface area contributed by atoms with Gasteiger partial charge in [0.1, 0.15) is 0 Å². The first-order valence-corrected chi connectivity index (χ1v) is 8.94. The van der Waals surface area contributed by atoms with Gasteiger partial charge in [0.2, 0.25) is 5.91 Å². The third kappa shape index (κ3) is 4.89. The van der Waals surface area contributed by atoms with E-state index in [-0.39, 0.29) is 17.9 Å². The zero-order chi connectivity index (χ0) is 18.4. The van der Waals surface area contributed by atoms with Gasteiger partial charge in [-0.1, -0.05) is 18.6 Å². The third-order valence-electron chi connectivity index (χ3n) is 4.81. The Balaban J connectivity index is 1.48. The Morgan fingerprint density at radius 2 is 1.81 bits per heavy atom. The van der Waals surface area contributed by atoms with Crippen LogP contribution in [0.3, 0.4) is 0 Å². The molecule has 26 heavy (non-hydrogen) atoms. The van der Waals surface area contributed by atoms with Crippen molar-refractivity contribution in [2.45, 2.75) is 38.3 Å². The Morgan fingerprint density at radius 1 is 1.08 bits per heavy atom. The molecule has 6 nitrogen and oxygen atoms in total. The largest absolute Gasteiger partial charge is 0.352 e. The van der Waals surface area contributed by atoms with Crippen molar-refractivity contribution in [3.05, 3.63) is 59.9 Å². The van der Waals surface area contributed by atoms with Crippen molar-refractivity contribution in [3.63, 3.8) is 0 Å². The van der Waals surface area contributed by atoms with E-state index in [9.17, 15) is 9.59 Å². The van der Waals surface area contributed by atoms with Crippen LogP contribution in [0.15, 0.2) is 48.8 Å². The van der Waals surface area contributed by atoms with Crippen LogP contribution in [-0.4, -0.2) is 22.8 Å². The van der Waals surface area contributed by atoms with E-state index in [2.05, 4.69) is 15.6 Å². The molecule has 136 valence electrons. The highest BCUT2D eigenvalue weighted by molar-refractivity contribution is 6.04. The van der Waals surface area contributed by atoms with Gasteiger partial charge in [-0.3, -0.25) is 14.6 Å². The van der Waals surface area contributed by atoms with Crippen LogP contribution in [0.5, 0.6) is 0 Å². The van der Waals surface area contributed by atoms with Crippen LogP contribution in [0.2, 0.25) is 0 Å². The molecule has 2 atom stereocenters. The Kier molecular flexibility index (Phi) is 5.96. The third-order valence-corrected chi connectivity index (χ3v) is 4.81. The fourth-order valence-electron chi connectivity index (χ4n) is 3.24. The van der Waals surface area contributed by atoms with Gasteiger partial charge in [0.15, 0.2) is 0 Å². The van der Waals surface area contributed by atoms with Crippen LogP contribution >= 0.6 is 0 Å². The second-order valence-corrected chi connectivity index (χ2v) is 6.72. The fourth-order valence-corrected chi connectivity index (χ4v) is 3.24. The first kappa shape index (κ1) is 18.1. The van der Waals surface area contributed by atoms with Crippen LogP contribution in [0.25, 0.3) is 0 Å². The van der Waals surface area contributed by atoms with Crippen molar-refractivity contribution in [2.75, 3.05) is 5.32 Å². The lowest BCUT2D eigenvalue weighted by atomic mass is 10.00. The minimum atomic E-state index is -0.179. The Bertz CT molecular complexity index is 746. The van der Waals surface area contributed by atoms with Gasteiger partial charge in [0.05, 0.1) is 0 Å². The van der Waals surface area contributed by atoms with Gasteiger partial charge in [-0.15, -0.1) is 0 Å². The summed E-state index contributed by atoms with van der Waals surface area (Å²) in [4.78, 5) is 28.2. The maximum absolute atomic E-state index is 12.2. The number of amides is 2. The average Bonchev–Trinajstić information content (AvgIpc) is 3.06. The lowest BCUT2D eigenvalue weighted by molar-refractivity contribution is -0.122. The average molecular weight is 352 g/mol. The predicted molar refractivity (Wildman–Crippen MR) is 100 cm³/mol. The lowest BCUT2D eigenvalue weighted by Gasteiger charge is -2.14. The number of nitrogens with zero attached hydrogens (tertiary/aromatic N) is 1. The molecule has 0 spiro atoms. The predicted octanol–water partition coefficient (Wildman–Crippen LogP) is 2.47. The second kappa shape index (κ2) is 8.58. The molecule has 2 amide bonds. The number of nitrogens with two attached hydrogens (primary N) is 1. The molecule has 0 bridgehead atoms. The number of aromatic nitrogens is 1. The van der Waals surface area contributed by atoms with E-state index in [1.54, 1.807) is 36.7 Å². The van der Waals surface area contributed by atoms with Crippen molar-refractivity contribution < 1.29 is 9.59 Å². The number of carbonyl (C=O) groups is 2. The number of carbonyl (C=O) groups excluding carboxylic acids is 2. The smallest absolute Gasteiger partial charge is 0.255 e. The summed E-state index contributed by atoms with van der Waals surface area (Å²) in [6.07, 6.45) is 6.91. The molecule has 3 rings (SSSR count). The van der Waals surface area contributed by atoms with Crippen molar-refractivity contribution in [3.8, 4) is 0 Å². The van der Waals surface area contributed by atoms with Crippen molar-refractivity contribution in [2.24, 2.45) is 11.7 Å². The maximum Gasteiger partial charge on any atom is 0.255 e. The lowest BCUT2D eigenvalue weighted by Crippen LogP contribution is -2.31. The van der Waals surface area contributed by atoms with Crippen LogP contribution in [0, 0.1) is 5.92 Å². The highest BCUT2D eigenvalue weighted by Gasteiger charge is 2.25. The number of anilines is 1. The van der Waals surface area contributed by atoms with E-state index in [1.807, 2.05) is 12.1 Å². The molecule has 6 heteroatoms. The van der Waals surface area contributed by atoms with Gasteiger partial charge in [-0.05, 0) is 48.6 Å². The van der Waals surface area contributed by atoms with Crippen molar-refractivity contribution >= 4 is 17.5 Å². The zero-order valence-corrected chi connectivity index (χ0v) is 14.7. The minimum Gasteiger partial charge on any atom is -0.352 e. The molecule has 4 N–H and O–H groups in total. The van der Waals surface area contributed by atoms with Gasteiger partial charge >= 0.3 is 0 Å². The minimum absolute atomic E-state index is 0.0341. The molecule has 1 saturated carbocycles. The SMILES string of the molecule is N[C@@H]1CCC[C@H]1CC(=O)NCc1ccc(C(=O)Nc2ccncc2)cc1. The first-order chi connectivity index (χ1) is 12.6. The Hall–Kier alpha value is -2.73. The highest BCUT2D eigenvalue weighted by atomic mass is 16.2. The molecule has 2 aromatic rings. The summed E-state index contributed by atoms with van der Waals surface area (Å²) >= 11 is 0. The molecule has 1 aromatic heterocycles. The van der Waals surface area contributed by atoms with E-state index in [0.29, 0.717) is 30.1 Å². The molecular formula is C20H24N4O2. The number of nitrogens with one attached hydrogen (secondary N) is 2. The fraction of sp³-hybridized carbons (Fsp3) is 0.350.